The highest BCUT2D eigenvalue weighted by atomic mass is 15.3. The predicted molar refractivity (Wildman–Crippen MR) is 76.5 cm³/mol. The number of hydrogen-bond acceptors (Lipinski definition) is 2. The molecule has 1 saturated heterocycles. The lowest BCUT2D eigenvalue weighted by Gasteiger charge is -2.42. The van der Waals surface area contributed by atoms with Crippen molar-refractivity contribution >= 4 is 0 Å². The lowest BCUT2D eigenvalue weighted by atomic mass is 10.0. The maximum Gasteiger partial charge on any atom is 0.0126 e. The molecular formula is C15H32N2. The van der Waals surface area contributed by atoms with Crippen LogP contribution in [0.3, 0.4) is 0 Å². The van der Waals surface area contributed by atoms with E-state index in [1.807, 2.05) is 0 Å². The minimum atomic E-state index is 0.351. The van der Waals surface area contributed by atoms with Crippen LogP contribution in [-0.2, 0) is 0 Å². The number of unbranched alkanes of at least 4 members (excludes halogenated alkanes) is 1. The summed E-state index contributed by atoms with van der Waals surface area (Å²) in [6.07, 6.45) is 4.17. The largest absolute Gasteiger partial charge is 0.301 e. The van der Waals surface area contributed by atoms with Crippen molar-refractivity contribution in [3.05, 3.63) is 0 Å². The van der Waals surface area contributed by atoms with E-state index < -0.39 is 0 Å². The Bertz CT molecular complexity index is 197. The van der Waals surface area contributed by atoms with Gasteiger partial charge in [0.05, 0.1) is 0 Å². The fourth-order valence-corrected chi connectivity index (χ4v) is 2.53. The third kappa shape index (κ3) is 5.87. The van der Waals surface area contributed by atoms with Crippen LogP contribution in [0.4, 0.5) is 0 Å². The van der Waals surface area contributed by atoms with E-state index in [9.17, 15) is 0 Å². The summed E-state index contributed by atoms with van der Waals surface area (Å²) in [7, 11) is 0. The second-order valence-electron chi connectivity index (χ2n) is 6.89. The van der Waals surface area contributed by atoms with E-state index in [0.29, 0.717) is 5.54 Å². The van der Waals surface area contributed by atoms with Crippen molar-refractivity contribution < 1.29 is 0 Å². The second-order valence-corrected chi connectivity index (χ2v) is 6.89. The summed E-state index contributed by atoms with van der Waals surface area (Å²) in [5.74, 6) is 0.868. The van der Waals surface area contributed by atoms with Gasteiger partial charge in [-0.15, -0.1) is 0 Å². The molecule has 1 aliphatic heterocycles. The second kappa shape index (κ2) is 6.75. The van der Waals surface area contributed by atoms with Gasteiger partial charge in [0, 0.05) is 31.7 Å². The molecule has 0 atom stereocenters. The summed E-state index contributed by atoms with van der Waals surface area (Å²) in [5, 5.41) is 0. The first kappa shape index (κ1) is 15.0. The molecule has 2 heteroatoms. The van der Waals surface area contributed by atoms with Crippen LogP contribution < -0.4 is 0 Å². The molecule has 1 rings (SSSR count). The zero-order valence-corrected chi connectivity index (χ0v) is 12.6. The van der Waals surface area contributed by atoms with Crippen molar-refractivity contribution in [2.24, 2.45) is 5.92 Å². The van der Waals surface area contributed by atoms with E-state index in [1.54, 1.807) is 0 Å². The monoisotopic (exact) mass is 240 g/mol. The lowest BCUT2D eigenvalue weighted by Crippen LogP contribution is -2.53. The maximum absolute atomic E-state index is 2.64. The molecule has 1 heterocycles. The van der Waals surface area contributed by atoms with Crippen LogP contribution in [0.1, 0.15) is 53.9 Å². The van der Waals surface area contributed by atoms with Gasteiger partial charge in [0.2, 0.25) is 0 Å². The summed E-state index contributed by atoms with van der Waals surface area (Å²) in [6, 6.07) is 0. The Labute approximate surface area is 108 Å². The normalized spacial score (nSPS) is 20.1. The Balaban J connectivity index is 2.11. The Morgan fingerprint density at radius 1 is 0.941 bits per heavy atom. The Kier molecular flexibility index (Phi) is 5.94. The van der Waals surface area contributed by atoms with Crippen molar-refractivity contribution in [1.82, 2.24) is 9.80 Å². The highest BCUT2D eigenvalue weighted by Crippen LogP contribution is 2.16. The molecule has 0 unspecified atom stereocenters. The summed E-state index contributed by atoms with van der Waals surface area (Å²) < 4.78 is 0. The van der Waals surface area contributed by atoms with Gasteiger partial charge in [-0.25, -0.2) is 0 Å². The Morgan fingerprint density at radius 2 is 1.53 bits per heavy atom. The first-order valence-corrected chi connectivity index (χ1v) is 7.37. The Hall–Kier alpha value is -0.0800. The molecule has 0 aromatic heterocycles. The molecule has 1 aliphatic rings. The zero-order chi connectivity index (χ0) is 12.9. The number of nitrogens with zero attached hydrogens (tertiary/aromatic N) is 2. The first-order chi connectivity index (χ1) is 7.89. The van der Waals surface area contributed by atoms with E-state index in [4.69, 9.17) is 0 Å². The topological polar surface area (TPSA) is 6.48 Å². The molecule has 1 fully saturated rings. The predicted octanol–water partition coefficient (Wildman–Crippen LogP) is 3.23. The fraction of sp³-hybridized carbons (Fsp3) is 1.00. The van der Waals surface area contributed by atoms with E-state index >= 15 is 0 Å². The van der Waals surface area contributed by atoms with Crippen LogP contribution in [0.5, 0.6) is 0 Å². The van der Waals surface area contributed by atoms with Gasteiger partial charge in [-0.3, -0.25) is 4.90 Å². The molecule has 0 aromatic rings. The molecule has 2 nitrogen and oxygen atoms in total. The SMILES string of the molecule is CC(C)CCCCN1CCN(C(C)(C)C)CC1. The van der Waals surface area contributed by atoms with E-state index in [0.717, 1.165) is 5.92 Å². The van der Waals surface area contributed by atoms with Gasteiger partial charge in [-0.1, -0.05) is 26.7 Å². The molecule has 0 aromatic carbocycles. The van der Waals surface area contributed by atoms with E-state index in [1.165, 1.54) is 52.0 Å². The molecule has 0 saturated carbocycles. The van der Waals surface area contributed by atoms with E-state index in [-0.39, 0.29) is 0 Å². The van der Waals surface area contributed by atoms with Gasteiger partial charge in [0.1, 0.15) is 0 Å². The number of hydrogen-bond donors (Lipinski definition) is 0. The molecule has 102 valence electrons. The van der Waals surface area contributed by atoms with Gasteiger partial charge in [0.15, 0.2) is 0 Å². The molecule has 0 bridgehead atoms. The third-order valence-electron chi connectivity index (χ3n) is 3.83. The van der Waals surface area contributed by atoms with Gasteiger partial charge in [-0.2, -0.15) is 0 Å². The minimum Gasteiger partial charge on any atom is -0.301 e. The van der Waals surface area contributed by atoms with Crippen LogP contribution >= 0.6 is 0 Å². The van der Waals surface area contributed by atoms with Crippen LogP contribution in [0.25, 0.3) is 0 Å². The van der Waals surface area contributed by atoms with Crippen LogP contribution in [0.2, 0.25) is 0 Å². The summed E-state index contributed by atoms with van der Waals surface area (Å²) in [5.41, 5.74) is 0.351. The minimum absolute atomic E-state index is 0.351. The summed E-state index contributed by atoms with van der Waals surface area (Å²) >= 11 is 0. The van der Waals surface area contributed by atoms with Gasteiger partial charge in [0.25, 0.3) is 0 Å². The highest BCUT2D eigenvalue weighted by Gasteiger charge is 2.25. The summed E-state index contributed by atoms with van der Waals surface area (Å²) in [6.45, 7) is 17.9. The molecular weight excluding hydrogens is 208 g/mol. The number of piperazine rings is 1. The molecule has 0 amide bonds. The Morgan fingerprint density at radius 3 is 2.00 bits per heavy atom. The molecule has 17 heavy (non-hydrogen) atoms. The fourth-order valence-electron chi connectivity index (χ4n) is 2.53. The molecule has 0 aliphatic carbocycles. The van der Waals surface area contributed by atoms with Crippen LogP contribution in [-0.4, -0.2) is 48.1 Å². The molecule has 0 N–H and O–H groups in total. The van der Waals surface area contributed by atoms with Gasteiger partial charge < -0.3 is 4.90 Å². The quantitative estimate of drug-likeness (QED) is 0.681. The standard InChI is InChI=1S/C15H32N2/c1-14(2)8-6-7-9-16-10-12-17(13-11-16)15(3,4)5/h14H,6-13H2,1-5H3. The van der Waals surface area contributed by atoms with Crippen molar-refractivity contribution in [2.75, 3.05) is 32.7 Å². The van der Waals surface area contributed by atoms with E-state index in [2.05, 4.69) is 44.4 Å². The highest BCUT2D eigenvalue weighted by molar-refractivity contribution is 4.81. The maximum atomic E-state index is 2.64. The van der Waals surface area contributed by atoms with Crippen molar-refractivity contribution in [3.63, 3.8) is 0 Å². The molecule has 0 spiro atoms. The number of rotatable bonds is 5. The first-order valence-electron chi connectivity index (χ1n) is 7.37. The van der Waals surface area contributed by atoms with Crippen molar-refractivity contribution in [1.29, 1.82) is 0 Å². The third-order valence-corrected chi connectivity index (χ3v) is 3.83. The zero-order valence-electron chi connectivity index (χ0n) is 12.6. The summed E-state index contributed by atoms with van der Waals surface area (Å²) in [4.78, 5) is 5.25. The smallest absolute Gasteiger partial charge is 0.0126 e. The van der Waals surface area contributed by atoms with Crippen molar-refractivity contribution in [3.8, 4) is 0 Å². The van der Waals surface area contributed by atoms with Gasteiger partial charge in [-0.05, 0) is 39.7 Å². The average molecular weight is 240 g/mol. The average Bonchev–Trinajstić information content (AvgIpc) is 2.23. The molecule has 0 radical (unpaired) electrons. The van der Waals surface area contributed by atoms with Crippen LogP contribution in [0.15, 0.2) is 0 Å². The lowest BCUT2D eigenvalue weighted by molar-refractivity contribution is 0.0615. The van der Waals surface area contributed by atoms with Crippen LogP contribution in [0, 0.1) is 5.92 Å². The van der Waals surface area contributed by atoms with Crippen molar-refractivity contribution in [2.45, 2.75) is 59.4 Å². The van der Waals surface area contributed by atoms with Gasteiger partial charge >= 0.3 is 0 Å².